The Balaban J connectivity index is 1.29. The van der Waals surface area contributed by atoms with E-state index in [1.54, 1.807) is 18.2 Å². The largest absolute Gasteiger partial charge is 0.373 e. The molecule has 2 aliphatic rings. The quantitative estimate of drug-likeness (QED) is 0.207. The molecule has 0 heterocycles. The lowest BCUT2D eigenvalue weighted by molar-refractivity contribution is 0.0116. The molecule has 0 amide bonds. The van der Waals surface area contributed by atoms with Gasteiger partial charge in [-0.1, -0.05) is 63.8 Å². The van der Waals surface area contributed by atoms with Gasteiger partial charge in [0.25, 0.3) is 0 Å². The van der Waals surface area contributed by atoms with Crippen LogP contribution in [0, 0.1) is 29.2 Å². The highest BCUT2D eigenvalue weighted by atomic mass is 19.2. The summed E-state index contributed by atoms with van der Waals surface area (Å²) < 4.78 is 65.3. The molecule has 38 heavy (non-hydrogen) atoms. The maximum Gasteiger partial charge on any atom is 0.164 e. The van der Waals surface area contributed by atoms with E-state index in [0.29, 0.717) is 48.8 Å². The molecule has 0 aliphatic heterocycles. The monoisotopic (exact) mass is 532 g/mol. The van der Waals surface area contributed by atoms with Crippen molar-refractivity contribution in [2.45, 2.75) is 128 Å². The summed E-state index contributed by atoms with van der Waals surface area (Å²) in [5.74, 6) is -2.12. The summed E-state index contributed by atoms with van der Waals surface area (Å²) >= 11 is 0. The van der Waals surface area contributed by atoms with Gasteiger partial charge in [0.2, 0.25) is 0 Å². The van der Waals surface area contributed by atoms with Crippen LogP contribution in [0.1, 0.15) is 131 Å². The Morgan fingerprint density at radius 2 is 1.18 bits per heavy atom. The summed E-state index contributed by atoms with van der Waals surface area (Å²) in [6, 6.07) is 6.92. The number of rotatable bonds is 11. The van der Waals surface area contributed by atoms with Crippen LogP contribution in [-0.4, -0.2) is 6.10 Å². The molecule has 4 rings (SSSR count). The number of unbranched alkanes of at least 4 members (excludes halogenated alkanes) is 2. The summed E-state index contributed by atoms with van der Waals surface area (Å²) in [5.41, 5.74) is 1.67. The minimum atomic E-state index is -0.816. The highest BCUT2D eigenvalue weighted by molar-refractivity contribution is 5.32. The topological polar surface area (TPSA) is 9.23 Å². The van der Waals surface area contributed by atoms with Crippen molar-refractivity contribution in [3.8, 4) is 0 Å². The predicted octanol–water partition coefficient (Wildman–Crippen LogP) is 10.3. The number of hydrogen-bond acceptors (Lipinski definition) is 1. The fraction of sp³-hybridized carbons (Fsp3) is 0.636. The summed E-state index contributed by atoms with van der Waals surface area (Å²) in [6.07, 6.45) is 12.6. The number of aryl methyl sites for hydroxylation is 1. The van der Waals surface area contributed by atoms with E-state index in [0.717, 1.165) is 50.9 Å². The van der Waals surface area contributed by atoms with E-state index in [4.69, 9.17) is 4.74 Å². The second-order valence-electron chi connectivity index (χ2n) is 11.6. The van der Waals surface area contributed by atoms with Crippen molar-refractivity contribution in [3.05, 3.63) is 69.8 Å². The van der Waals surface area contributed by atoms with E-state index in [1.165, 1.54) is 12.8 Å². The maximum atomic E-state index is 15.2. The molecule has 0 unspecified atom stereocenters. The van der Waals surface area contributed by atoms with Crippen LogP contribution in [0.25, 0.3) is 0 Å². The van der Waals surface area contributed by atoms with E-state index < -0.39 is 23.3 Å². The average Bonchev–Trinajstić information content (AvgIpc) is 2.93. The van der Waals surface area contributed by atoms with Crippen LogP contribution in [0.2, 0.25) is 0 Å². The fourth-order valence-corrected chi connectivity index (χ4v) is 6.63. The molecule has 210 valence electrons. The summed E-state index contributed by atoms with van der Waals surface area (Å²) in [6.45, 7) is 4.30. The van der Waals surface area contributed by atoms with E-state index in [9.17, 15) is 8.78 Å². The number of ether oxygens (including phenoxy) is 1. The second-order valence-corrected chi connectivity index (χ2v) is 11.6. The first-order chi connectivity index (χ1) is 18.4. The van der Waals surface area contributed by atoms with Crippen molar-refractivity contribution in [1.82, 2.24) is 0 Å². The molecule has 5 heteroatoms. The van der Waals surface area contributed by atoms with Crippen molar-refractivity contribution >= 4 is 0 Å². The molecule has 2 aromatic carbocycles. The molecular weight excluding hydrogens is 488 g/mol. The highest BCUT2D eigenvalue weighted by Gasteiger charge is 2.30. The summed E-state index contributed by atoms with van der Waals surface area (Å²) in [5, 5.41) is 0. The van der Waals surface area contributed by atoms with Gasteiger partial charge in [-0.3, -0.25) is 0 Å². The Bertz CT molecular complexity index is 1040. The van der Waals surface area contributed by atoms with Gasteiger partial charge in [-0.15, -0.1) is 0 Å². The van der Waals surface area contributed by atoms with Gasteiger partial charge in [-0.2, -0.15) is 0 Å². The zero-order valence-corrected chi connectivity index (χ0v) is 23.1. The van der Waals surface area contributed by atoms with Crippen LogP contribution >= 0.6 is 0 Å². The van der Waals surface area contributed by atoms with Crippen LogP contribution in [0.4, 0.5) is 17.6 Å². The predicted molar refractivity (Wildman–Crippen MR) is 145 cm³/mol. The van der Waals surface area contributed by atoms with Crippen LogP contribution in [0.5, 0.6) is 0 Å². The zero-order chi connectivity index (χ0) is 27.1. The standard InChI is InChI=1S/C33H44F4O/c1-3-5-6-8-25-13-14-26(31(35)30(25)34)21-38-27-17-15-24(16-18-27)29-20-19-28(32(36)33(29)37)23-11-9-22(7-4-2)10-12-23/h13-14,19-20,22-24,27H,3-12,15-18,21H2,1-2H3. The first kappa shape index (κ1) is 29.1. The van der Waals surface area contributed by atoms with Crippen LogP contribution in [0.3, 0.4) is 0 Å². The number of halogens is 4. The molecule has 1 nitrogen and oxygen atoms in total. The average molecular weight is 533 g/mol. The zero-order valence-electron chi connectivity index (χ0n) is 23.1. The van der Waals surface area contributed by atoms with E-state index in [1.807, 2.05) is 6.07 Å². The lowest BCUT2D eigenvalue weighted by Gasteiger charge is -2.31. The summed E-state index contributed by atoms with van der Waals surface area (Å²) in [7, 11) is 0. The third-order valence-electron chi connectivity index (χ3n) is 9.01. The lowest BCUT2D eigenvalue weighted by Crippen LogP contribution is -2.22. The highest BCUT2D eigenvalue weighted by Crippen LogP contribution is 2.41. The molecule has 0 spiro atoms. The lowest BCUT2D eigenvalue weighted by atomic mass is 9.76. The van der Waals surface area contributed by atoms with Gasteiger partial charge >= 0.3 is 0 Å². The van der Waals surface area contributed by atoms with Crippen molar-refractivity contribution in [1.29, 1.82) is 0 Å². The molecular formula is C33H44F4O. The molecule has 2 aromatic rings. The molecule has 0 N–H and O–H groups in total. The molecule has 0 saturated heterocycles. The molecule has 0 bridgehead atoms. The molecule has 2 saturated carbocycles. The van der Waals surface area contributed by atoms with Gasteiger partial charge in [-0.05, 0) is 98.7 Å². The molecule has 2 aliphatic carbocycles. The maximum absolute atomic E-state index is 15.2. The molecule has 2 fully saturated rings. The number of hydrogen-bond donors (Lipinski definition) is 0. The van der Waals surface area contributed by atoms with Crippen LogP contribution in [-0.2, 0) is 17.8 Å². The van der Waals surface area contributed by atoms with Gasteiger partial charge < -0.3 is 4.74 Å². The second kappa shape index (κ2) is 14.0. The molecule has 0 aromatic heterocycles. The van der Waals surface area contributed by atoms with E-state index in [-0.39, 0.29) is 30.1 Å². The van der Waals surface area contributed by atoms with Gasteiger partial charge in [0.1, 0.15) is 0 Å². The van der Waals surface area contributed by atoms with Crippen molar-refractivity contribution in [2.24, 2.45) is 5.92 Å². The fourth-order valence-electron chi connectivity index (χ4n) is 6.63. The Kier molecular flexibility index (Phi) is 10.7. The number of benzene rings is 2. The van der Waals surface area contributed by atoms with Gasteiger partial charge in [0.05, 0.1) is 12.7 Å². The SMILES string of the molecule is CCCCCc1ccc(COC2CCC(c3ccc(C4CCC(CCC)CC4)c(F)c3F)CC2)c(F)c1F. The van der Waals surface area contributed by atoms with Gasteiger partial charge in [0.15, 0.2) is 23.3 Å². The minimum Gasteiger partial charge on any atom is -0.373 e. The van der Waals surface area contributed by atoms with Crippen LogP contribution in [0.15, 0.2) is 24.3 Å². The molecule has 0 radical (unpaired) electrons. The van der Waals surface area contributed by atoms with Crippen molar-refractivity contribution < 1.29 is 22.3 Å². The third kappa shape index (κ3) is 7.00. The van der Waals surface area contributed by atoms with E-state index in [2.05, 4.69) is 13.8 Å². The minimum absolute atomic E-state index is 0.0194. The third-order valence-corrected chi connectivity index (χ3v) is 9.01. The Labute approximate surface area is 226 Å². The van der Waals surface area contributed by atoms with Crippen LogP contribution < -0.4 is 0 Å². The Morgan fingerprint density at radius 3 is 1.76 bits per heavy atom. The first-order valence-corrected chi connectivity index (χ1v) is 15.0. The van der Waals surface area contributed by atoms with Gasteiger partial charge in [0, 0.05) is 5.56 Å². The van der Waals surface area contributed by atoms with Crippen molar-refractivity contribution in [2.75, 3.05) is 0 Å². The van der Waals surface area contributed by atoms with E-state index >= 15 is 8.78 Å². The van der Waals surface area contributed by atoms with Crippen molar-refractivity contribution in [3.63, 3.8) is 0 Å². The Morgan fingerprint density at radius 1 is 0.632 bits per heavy atom. The Hall–Kier alpha value is -1.88. The smallest absolute Gasteiger partial charge is 0.164 e. The molecule has 0 atom stereocenters. The normalized spacial score (nSPS) is 24.1. The van der Waals surface area contributed by atoms with Gasteiger partial charge in [-0.25, -0.2) is 17.6 Å². The first-order valence-electron chi connectivity index (χ1n) is 15.0. The summed E-state index contributed by atoms with van der Waals surface area (Å²) in [4.78, 5) is 0.